The fourth-order valence-corrected chi connectivity index (χ4v) is 2.01. The minimum absolute atomic E-state index is 0.107. The number of rotatable bonds is 2. The topological polar surface area (TPSA) is 55.4 Å². The maximum Gasteiger partial charge on any atom is 0.329 e. The second kappa shape index (κ2) is 4.35. The average molecular weight is 219 g/mol. The molecular formula is C12H13NO3. The molecular weight excluding hydrogens is 206 g/mol. The number of methoxy groups -OCH3 is 1. The minimum atomic E-state index is -0.556. The van der Waals surface area contributed by atoms with E-state index < -0.39 is 6.04 Å². The van der Waals surface area contributed by atoms with Crippen LogP contribution in [0.1, 0.15) is 17.9 Å². The Labute approximate surface area is 93.6 Å². The first-order valence-corrected chi connectivity index (χ1v) is 5.14. The number of amides is 1. The van der Waals surface area contributed by atoms with Gasteiger partial charge in [0.2, 0.25) is 5.91 Å². The quantitative estimate of drug-likeness (QED) is 0.750. The van der Waals surface area contributed by atoms with E-state index in [1.54, 1.807) is 0 Å². The summed E-state index contributed by atoms with van der Waals surface area (Å²) in [6.45, 7) is 0. The van der Waals surface area contributed by atoms with E-state index >= 15 is 0 Å². The van der Waals surface area contributed by atoms with Crippen molar-refractivity contribution in [3.63, 3.8) is 0 Å². The van der Waals surface area contributed by atoms with Crippen molar-refractivity contribution < 1.29 is 14.3 Å². The van der Waals surface area contributed by atoms with Crippen LogP contribution in [-0.4, -0.2) is 25.0 Å². The Balaban J connectivity index is 2.26. The summed E-state index contributed by atoms with van der Waals surface area (Å²) in [4.78, 5) is 22.8. The minimum Gasteiger partial charge on any atom is -0.467 e. The zero-order valence-corrected chi connectivity index (χ0v) is 8.97. The van der Waals surface area contributed by atoms with E-state index in [0.717, 1.165) is 5.56 Å². The van der Waals surface area contributed by atoms with Gasteiger partial charge in [0.1, 0.15) is 6.04 Å². The van der Waals surface area contributed by atoms with Crippen LogP contribution >= 0.6 is 0 Å². The molecule has 4 heteroatoms. The molecule has 4 nitrogen and oxygen atoms in total. The number of carbonyl (C=O) groups excluding carboxylic acids is 2. The SMILES string of the molecule is COC(=O)[C@@H]1NC(=O)C[C@H]1c1ccccc1. The molecule has 84 valence electrons. The first-order valence-electron chi connectivity index (χ1n) is 5.14. The Hall–Kier alpha value is -1.84. The summed E-state index contributed by atoms with van der Waals surface area (Å²) in [5, 5.41) is 2.64. The Kier molecular flexibility index (Phi) is 2.90. The highest BCUT2D eigenvalue weighted by molar-refractivity contribution is 5.90. The maximum atomic E-state index is 11.5. The summed E-state index contributed by atoms with van der Waals surface area (Å²) in [6.07, 6.45) is 0.337. The Morgan fingerprint density at radius 1 is 1.38 bits per heavy atom. The van der Waals surface area contributed by atoms with E-state index in [4.69, 9.17) is 0 Å². The van der Waals surface area contributed by atoms with Crippen LogP contribution < -0.4 is 5.32 Å². The van der Waals surface area contributed by atoms with Crippen LogP contribution in [0.25, 0.3) is 0 Å². The van der Waals surface area contributed by atoms with Gasteiger partial charge >= 0.3 is 5.97 Å². The maximum absolute atomic E-state index is 11.5. The molecule has 2 atom stereocenters. The van der Waals surface area contributed by atoms with Crippen LogP contribution in [0.2, 0.25) is 0 Å². The van der Waals surface area contributed by atoms with Crippen LogP contribution in [0.4, 0.5) is 0 Å². The normalized spacial score (nSPS) is 23.9. The van der Waals surface area contributed by atoms with Gasteiger partial charge in [-0.3, -0.25) is 4.79 Å². The molecule has 0 unspecified atom stereocenters. The van der Waals surface area contributed by atoms with Crippen LogP contribution in [-0.2, 0) is 14.3 Å². The summed E-state index contributed by atoms with van der Waals surface area (Å²) in [5.41, 5.74) is 0.983. The zero-order valence-electron chi connectivity index (χ0n) is 8.97. The second-order valence-electron chi connectivity index (χ2n) is 3.79. The Morgan fingerprint density at radius 2 is 2.06 bits per heavy atom. The van der Waals surface area contributed by atoms with Gasteiger partial charge in [0.15, 0.2) is 0 Å². The van der Waals surface area contributed by atoms with Crippen molar-refractivity contribution in [1.29, 1.82) is 0 Å². The highest BCUT2D eigenvalue weighted by Gasteiger charge is 2.38. The molecule has 1 aromatic rings. The Morgan fingerprint density at radius 3 is 2.69 bits per heavy atom. The summed E-state index contributed by atoms with van der Waals surface area (Å²) in [7, 11) is 1.33. The molecule has 2 rings (SSSR count). The molecule has 1 aliphatic rings. The largest absolute Gasteiger partial charge is 0.467 e. The first kappa shape index (κ1) is 10.7. The van der Waals surface area contributed by atoms with Gasteiger partial charge in [-0.2, -0.15) is 0 Å². The average Bonchev–Trinajstić information content (AvgIpc) is 2.71. The van der Waals surface area contributed by atoms with E-state index in [9.17, 15) is 9.59 Å². The predicted molar refractivity (Wildman–Crippen MR) is 57.7 cm³/mol. The molecule has 1 fully saturated rings. The van der Waals surface area contributed by atoms with Crippen LogP contribution in [0.3, 0.4) is 0 Å². The van der Waals surface area contributed by atoms with Gasteiger partial charge in [0.25, 0.3) is 0 Å². The molecule has 0 spiro atoms. The predicted octanol–water partition coefficient (Wildman–Crippen LogP) is 0.832. The number of benzene rings is 1. The molecule has 0 bridgehead atoms. The summed E-state index contributed by atoms with van der Waals surface area (Å²) < 4.78 is 4.68. The number of carbonyl (C=O) groups is 2. The molecule has 1 heterocycles. The molecule has 1 saturated heterocycles. The molecule has 16 heavy (non-hydrogen) atoms. The van der Waals surface area contributed by atoms with E-state index in [1.165, 1.54) is 7.11 Å². The third kappa shape index (κ3) is 1.91. The van der Waals surface area contributed by atoms with Crippen molar-refractivity contribution in [1.82, 2.24) is 5.32 Å². The van der Waals surface area contributed by atoms with Gasteiger partial charge in [-0.05, 0) is 5.56 Å². The lowest BCUT2D eigenvalue weighted by Gasteiger charge is -2.16. The summed E-state index contributed by atoms with van der Waals surface area (Å²) in [5.74, 6) is -0.620. The van der Waals surface area contributed by atoms with E-state index in [1.807, 2.05) is 30.3 Å². The third-order valence-electron chi connectivity index (χ3n) is 2.81. The van der Waals surface area contributed by atoms with Crippen LogP contribution in [0, 0.1) is 0 Å². The number of esters is 1. The van der Waals surface area contributed by atoms with Crippen molar-refractivity contribution in [2.24, 2.45) is 0 Å². The van der Waals surface area contributed by atoms with Crippen molar-refractivity contribution in [2.45, 2.75) is 18.4 Å². The fourth-order valence-electron chi connectivity index (χ4n) is 2.01. The zero-order chi connectivity index (χ0) is 11.5. The lowest BCUT2D eigenvalue weighted by atomic mass is 9.92. The highest BCUT2D eigenvalue weighted by atomic mass is 16.5. The van der Waals surface area contributed by atoms with E-state index in [0.29, 0.717) is 6.42 Å². The van der Waals surface area contributed by atoms with Gasteiger partial charge in [-0.25, -0.2) is 4.79 Å². The van der Waals surface area contributed by atoms with Crippen molar-refractivity contribution in [3.05, 3.63) is 35.9 Å². The van der Waals surface area contributed by atoms with Crippen molar-refractivity contribution in [3.8, 4) is 0 Å². The second-order valence-corrected chi connectivity index (χ2v) is 3.79. The smallest absolute Gasteiger partial charge is 0.329 e. The molecule has 0 radical (unpaired) electrons. The lowest BCUT2D eigenvalue weighted by molar-refractivity contribution is -0.143. The summed E-state index contributed by atoms with van der Waals surface area (Å²) >= 11 is 0. The number of nitrogens with one attached hydrogen (secondary N) is 1. The van der Waals surface area contributed by atoms with E-state index in [2.05, 4.69) is 10.1 Å². The van der Waals surface area contributed by atoms with Gasteiger partial charge in [-0.1, -0.05) is 30.3 Å². The van der Waals surface area contributed by atoms with Gasteiger partial charge in [0.05, 0.1) is 7.11 Å². The van der Waals surface area contributed by atoms with Gasteiger partial charge in [0, 0.05) is 12.3 Å². The van der Waals surface area contributed by atoms with Crippen molar-refractivity contribution >= 4 is 11.9 Å². The molecule has 1 aromatic carbocycles. The molecule has 0 aliphatic carbocycles. The molecule has 1 amide bonds. The van der Waals surface area contributed by atoms with Gasteiger partial charge < -0.3 is 10.1 Å². The molecule has 0 aromatic heterocycles. The third-order valence-corrected chi connectivity index (χ3v) is 2.81. The van der Waals surface area contributed by atoms with E-state index in [-0.39, 0.29) is 17.8 Å². The fraction of sp³-hybridized carbons (Fsp3) is 0.333. The molecule has 1 N–H and O–H groups in total. The monoisotopic (exact) mass is 219 g/mol. The number of ether oxygens (including phenoxy) is 1. The lowest BCUT2D eigenvalue weighted by Crippen LogP contribution is -2.37. The standard InChI is InChI=1S/C12H13NO3/c1-16-12(15)11-9(7-10(14)13-11)8-5-3-2-4-6-8/h2-6,9,11H,7H2,1H3,(H,13,14)/t9-,11+/m0/s1. The van der Waals surface area contributed by atoms with Crippen LogP contribution in [0.5, 0.6) is 0 Å². The highest BCUT2D eigenvalue weighted by Crippen LogP contribution is 2.28. The number of hydrogen-bond acceptors (Lipinski definition) is 3. The summed E-state index contributed by atoms with van der Waals surface area (Å²) in [6, 6.07) is 8.97. The molecule has 0 saturated carbocycles. The van der Waals surface area contributed by atoms with Gasteiger partial charge in [-0.15, -0.1) is 0 Å². The van der Waals surface area contributed by atoms with Crippen LogP contribution in [0.15, 0.2) is 30.3 Å². The van der Waals surface area contributed by atoms with Crippen molar-refractivity contribution in [2.75, 3.05) is 7.11 Å². The Bertz CT molecular complexity index is 402. The first-order chi connectivity index (χ1) is 7.72. The number of hydrogen-bond donors (Lipinski definition) is 1. The molecule has 1 aliphatic heterocycles.